The molecule has 3 heterocycles. The summed E-state index contributed by atoms with van der Waals surface area (Å²) >= 11 is 0. The molecule has 7 nitrogen and oxygen atoms in total. The highest BCUT2D eigenvalue weighted by molar-refractivity contribution is 6.01. The fraction of sp³-hybridized carbons (Fsp3) is 0.421. The standard InChI is InChI=1S/C19H24N4O3/c1-4-26-19(25)17-13(2)16(14(3)21-17)18(24)23-11-9-22(10-12-23)15-7-5-6-8-20-15/h5-8,21H,4,9-12H2,1-3H3. The topological polar surface area (TPSA) is 78.5 Å². The number of amides is 1. The average Bonchev–Trinajstić information content (AvgIpc) is 2.96. The smallest absolute Gasteiger partial charge is 0.355 e. The number of piperazine rings is 1. The molecule has 0 unspecified atom stereocenters. The lowest BCUT2D eigenvalue weighted by Crippen LogP contribution is -2.49. The molecular weight excluding hydrogens is 332 g/mol. The number of pyridine rings is 1. The van der Waals surface area contributed by atoms with Gasteiger partial charge in [-0.05, 0) is 38.5 Å². The molecule has 1 fully saturated rings. The van der Waals surface area contributed by atoms with Crippen LogP contribution in [0.4, 0.5) is 5.82 Å². The van der Waals surface area contributed by atoms with Crippen molar-refractivity contribution in [2.75, 3.05) is 37.7 Å². The highest BCUT2D eigenvalue weighted by Crippen LogP contribution is 2.22. The Labute approximate surface area is 153 Å². The number of carbonyl (C=O) groups excluding carboxylic acids is 2. The van der Waals surface area contributed by atoms with E-state index in [0.29, 0.717) is 42.2 Å². The summed E-state index contributed by atoms with van der Waals surface area (Å²) in [5.74, 6) is 0.456. The van der Waals surface area contributed by atoms with Gasteiger partial charge < -0.3 is 19.5 Å². The molecule has 0 spiro atoms. The summed E-state index contributed by atoms with van der Waals surface area (Å²) in [6, 6.07) is 5.83. The van der Waals surface area contributed by atoms with Gasteiger partial charge in [0.05, 0.1) is 12.2 Å². The number of ether oxygens (including phenoxy) is 1. The summed E-state index contributed by atoms with van der Waals surface area (Å²) in [7, 11) is 0. The van der Waals surface area contributed by atoms with Gasteiger partial charge in [-0.15, -0.1) is 0 Å². The van der Waals surface area contributed by atoms with Crippen LogP contribution in [-0.4, -0.2) is 59.5 Å². The largest absolute Gasteiger partial charge is 0.461 e. The van der Waals surface area contributed by atoms with Crippen molar-refractivity contribution in [1.29, 1.82) is 0 Å². The third-order valence-electron chi connectivity index (χ3n) is 4.67. The van der Waals surface area contributed by atoms with Crippen LogP contribution in [0.3, 0.4) is 0 Å². The van der Waals surface area contributed by atoms with Gasteiger partial charge in [0.2, 0.25) is 0 Å². The lowest BCUT2D eigenvalue weighted by atomic mass is 10.1. The normalized spacial score (nSPS) is 14.4. The SMILES string of the molecule is CCOC(=O)c1[nH]c(C)c(C(=O)N2CCN(c3ccccn3)CC2)c1C. The first-order chi connectivity index (χ1) is 12.5. The molecule has 3 rings (SSSR count). The first-order valence-corrected chi connectivity index (χ1v) is 8.84. The lowest BCUT2D eigenvalue weighted by Gasteiger charge is -2.35. The van der Waals surface area contributed by atoms with Gasteiger partial charge in [0.1, 0.15) is 11.5 Å². The molecule has 1 aliphatic heterocycles. The molecular formula is C19H24N4O3. The molecule has 0 radical (unpaired) electrons. The van der Waals surface area contributed by atoms with Crippen molar-refractivity contribution in [3.63, 3.8) is 0 Å². The summed E-state index contributed by atoms with van der Waals surface area (Å²) in [5.41, 5.74) is 2.28. The van der Waals surface area contributed by atoms with Gasteiger partial charge in [-0.2, -0.15) is 0 Å². The van der Waals surface area contributed by atoms with E-state index in [1.807, 2.05) is 30.0 Å². The maximum Gasteiger partial charge on any atom is 0.355 e. The van der Waals surface area contributed by atoms with Crippen molar-refractivity contribution in [3.8, 4) is 0 Å². The van der Waals surface area contributed by atoms with Crippen LogP contribution in [0.1, 0.15) is 39.0 Å². The van der Waals surface area contributed by atoms with E-state index >= 15 is 0 Å². The van der Waals surface area contributed by atoms with Crippen molar-refractivity contribution in [2.45, 2.75) is 20.8 Å². The number of hydrogen-bond acceptors (Lipinski definition) is 5. The Morgan fingerprint density at radius 1 is 1.19 bits per heavy atom. The van der Waals surface area contributed by atoms with Crippen LogP contribution in [-0.2, 0) is 4.74 Å². The molecule has 2 aromatic rings. The van der Waals surface area contributed by atoms with Gasteiger partial charge in [-0.25, -0.2) is 9.78 Å². The second-order valence-corrected chi connectivity index (χ2v) is 6.31. The Bertz CT molecular complexity index is 793. The van der Waals surface area contributed by atoms with Crippen LogP contribution in [0.15, 0.2) is 24.4 Å². The summed E-state index contributed by atoms with van der Waals surface area (Å²) < 4.78 is 5.06. The van der Waals surface area contributed by atoms with Gasteiger partial charge in [-0.1, -0.05) is 6.07 Å². The predicted octanol–water partition coefficient (Wildman–Crippen LogP) is 2.17. The highest BCUT2D eigenvalue weighted by Gasteiger charge is 2.28. The molecule has 2 aromatic heterocycles. The zero-order valence-electron chi connectivity index (χ0n) is 15.4. The summed E-state index contributed by atoms with van der Waals surface area (Å²) in [6.07, 6.45) is 1.77. The molecule has 0 atom stereocenters. The first-order valence-electron chi connectivity index (χ1n) is 8.84. The number of aryl methyl sites for hydroxylation is 1. The Morgan fingerprint density at radius 3 is 2.54 bits per heavy atom. The fourth-order valence-corrected chi connectivity index (χ4v) is 3.32. The van der Waals surface area contributed by atoms with E-state index in [-0.39, 0.29) is 5.91 Å². The van der Waals surface area contributed by atoms with Crippen LogP contribution in [0.2, 0.25) is 0 Å². The number of aromatic amines is 1. The van der Waals surface area contributed by atoms with Gasteiger partial charge in [0.25, 0.3) is 5.91 Å². The van der Waals surface area contributed by atoms with Crippen LogP contribution in [0.5, 0.6) is 0 Å². The van der Waals surface area contributed by atoms with Crippen LogP contribution >= 0.6 is 0 Å². The number of nitrogens with zero attached hydrogens (tertiary/aromatic N) is 3. The predicted molar refractivity (Wildman–Crippen MR) is 98.6 cm³/mol. The van der Waals surface area contributed by atoms with Gasteiger partial charge in [0, 0.05) is 38.1 Å². The Morgan fingerprint density at radius 2 is 1.92 bits per heavy atom. The van der Waals surface area contributed by atoms with E-state index in [2.05, 4.69) is 14.9 Å². The van der Waals surface area contributed by atoms with Gasteiger partial charge in [-0.3, -0.25) is 4.79 Å². The molecule has 0 aliphatic carbocycles. The van der Waals surface area contributed by atoms with E-state index in [0.717, 1.165) is 18.9 Å². The summed E-state index contributed by atoms with van der Waals surface area (Å²) in [5, 5.41) is 0. The molecule has 138 valence electrons. The molecule has 26 heavy (non-hydrogen) atoms. The summed E-state index contributed by atoms with van der Waals surface area (Å²) in [6.45, 7) is 8.36. The van der Waals surface area contributed by atoms with Crippen LogP contribution in [0, 0.1) is 13.8 Å². The van der Waals surface area contributed by atoms with E-state index in [1.54, 1.807) is 20.0 Å². The zero-order valence-corrected chi connectivity index (χ0v) is 15.4. The lowest BCUT2D eigenvalue weighted by molar-refractivity contribution is 0.0519. The van der Waals surface area contributed by atoms with E-state index < -0.39 is 5.97 Å². The monoisotopic (exact) mass is 356 g/mol. The second kappa shape index (κ2) is 7.59. The molecule has 1 aliphatic rings. The third-order valence-corrected chi connectivity index (χ3v) is 4.67. The molecule has 1 amide bonds. The number of esters is 1. The highest BCUT2D eigenvalue weighted by atomic mass is 16.5. The van der Waals surface area contributed by atoms with Gasteiger partial charge >= 0.3 is 5.97 Å². The molecule has 0 saturated carbocycles. The van der Waals surface area contributed by atoms with Crippen molar-refractivity contribution < 1.29 is 14.3 Å². The van der Waals surface area contributed by atoms with Gasteiger partial charge in [0.15, 0.2) is 0 Å². The van der Waals surface area contributed by atoms with Crippen LogP contribution < -0.4 is 4.90 Å². The Hall–Kier alpha value is -2.83. The van der Waals surface area contributed by atoms with Crippen molar-refractivity contribution in [2.24, 2.45) is 0 Å². The Balaban J connectivity index is 1.72. The number of H-pyrrole nitrogens is 1. The first kappa shape index (κ1) is 18.0. The molecule has 1 saturated heterocycles. The van der Waals surface area contributed by atoms with Crippen molar-refractivity contribution in [3.05, 3.63) is 46.9 Å². The number of carbonyl (C=O) groups is 2. The van der Waals surface area contributed by atoms with Crippen LogP contribution in [0.25, 0.3) is 0 Å². The average molecular weight is 356 g/mol. The molecule has 0 bridgehead atoms. The van der Waals surface area contributed by atoms with Crippen molar-refractivity contribution in [1.82, 2.24) is 14.9 Å². The number of nitrogens with one attached hydrogen (secondary N) is 1. The minimum absolute atomic E-state index is 0.0486. The molecule has 1 N–H and O–H groups in total. The quantitative estimate of drug-likeness (QED) is 0.850. The summed E-state index contributed by atoms with van der Waals surface area (Å²) in [4.78, 5) is 36.4. The van der Waals surface area contributed by atoms with E-state index in [9.17, 15) is 9.59 Å². The zero-order chi connectivity index (χ0) is 18.7. The molecule has 0 aromatic carbocycles. The van der Waals surface area contributed by atoms with Crippen molar-refractivity contribution >= 4 is 17.7 Å². The maximum atomic E-state index is 13.0. The number of rotatable bonds is 4. The van der Waals surface area contributed by atoms with E-state index in [4.69, 9.17) is 4.74 Å². The number of anilines is 1. The minimum atomic E-state index is -0.424. The van der Waals surface area contributed by atoms with E-state index in [1.165, 1.54) is 0 Å². The number of hydrogen-bond donors (Lipinski definition) is 1. The fourth-order valence-electron chi connectivity index (χ4n) is 3.32. The Kier molecular flexibility index (Phi) is 5.25. The second-order valence-electron chi connectivity index (χ2n) is 6.31. The maximum absolute atomic E-state index is 13.0. The number of aromatic nitrogens is 2. The minimum Gasteiger partial charge on any atom is -0.461 e. The molecule has 7 heteroatoms. The third kappa shape index (κ3) is 3.42.